The molecule has 4 unspecified atom stereocenters. The van der Waals surface area contributed by atoms with Crippen molar-refractivity contribution in [1.82, 2.24) is 5.32 Å². The van der Waals surface area contributed by atoms with Gasteiger partial charge in [-0.15, -0.1) is 0 Å². The topological polar surface area (TPSA) is 12.0 Å². The zero-order valence-corrected chi connectivity index (χ0v) is 11.3. The highest BCUT2D eigenvalue weighted by Crippen LogP contribution is 2.38. The predicted molar refractivity (Wildman–Crippen MR) is 70.4 cm³/mol. The van der Waals surface area contributed by atoms with Crippen LogP contribution in [0.2, 0.25) is 0 Å². The molecule has 1 saturated heterocycles. The summed E-state index contributed by atoms with van der Waals surface area (Å²) in [6.45, 7) is 9.88. The van der Waals surface area contributed by atoms with E-state index in [9.17, 15) is 0 Å². The van der Waals surface area contributed by atoms with E-state index < -0.39 is 0 Å². The Morgan fingerprint density at radius 1 is 1.00 bits per heavy atom. The molecule has 1 heteroatoms. The molecule has 0 amide bonds. The van der Waals surface area contributed by atoms with Crippen LogP contribution in [-0.2, 0) is 0 Å². The molecule has 0 aromatic heterocycles. The highest BCUT2D eigenvalue weighted by Gasteiger charge is 2.29. The van der Waals surface area contributed by atoms with Crippen LogP contribution in [0.3, 0.4) is 0 Å². The zero-order valence-electron chi connectivity index (χ0n) is 11.3. The van der Waals surface area contributed by atoms with Crippen LogP contribution in [0.25, 0.3) is 0 Å². The van der Waals surface area contributed by atoms with Crippen molar-refractivity contribution in [3.8, 4) is 0 Å². The maximum atomic E-state index is 3.58. The summed E-state index contributed by atoms with van der Waals surface area (Å²) in [4.78, 5) is 0. The van der Waals surface area contributed by atoms with E-state index in [0.717, 1.165) is 29.6 Å². The Hall–Kier alpha value is -0.0400. The molecule has 0 aromatic carbocycles. The second-order valence-electron chi connectivity index (χ2n) is 6.75. The van der Waals surface area contributed by atoms with Gasteiger partial charge in [-0.1, -0.05) is 20.8 Å². The van der Waals surface area contributed by atoms with Crippen molar-refractivity contribution >= 4 is 0 Å². The predicted octanol–water partition coefficient (Wildman–Crippen LogP) is 3.69. The fourth-order valence-electron chi connectivity index (χ4n) is 4.10. The van der Waals surface area contributed by atoms with Crippen molar-refractivity contribution in [2.24, 2.45) is 29.6 Å². The van der Waals surface area contributed by atoms with E-state index >= 15 is 0 Å². The van der Waals surface area contributed by atoms with Crippen LogP contribution in [0.15, 0.2) is 0 Å². The third-order valence-electron chi connectivity index (χ3n) is 4.90. The lowest BCUT2D eigenvalue weighted by Gasteiger charge is -2.37. The molecule has 1 aliphatic carbocycles. The molecule has 1 N–H and O–H groups in total. The molecule has 0 bridgehead atoms. The molecule has 1 aliphatic heterocycles. The molecule has 2 aliphatic rings. The number of nitrogens with one attached hydrogen (secondary N) is 1. The first-order chi connectivity index (χ1) is 7.65. The van der Waals surface area contributed by atoms with E-state index in [1.165, 1.54) is 45.2 Å². The molecule has 94 valence electrons. The van der Waals surface area contributed by atoms with Gasteiger partial charge in [0.1, 0.15) is 0 Å². The van der Waals surface area contributed by atoms with E-state index in [2.05, 4.69) is 26.1 Å². The van der Waals surface area contributed by atoms with Crippen molar-refractivity contribution < 1.29 is 0 Å². The molecule has 16 heavy (non-hydrogen) atoms. The van der Waals surface area contributed by atoms with Gasteiger partial charge in [0.2, 0.25) is 0 Å². The standard InChI is InChI=1S/C15H29N/c1-11-6-12(2)8-14(7-11)9-15-10-16-5-4-13(15)3/h11-16H,4-10H2,1-3H3. The Labute approximate surface area is 101 Å². The second-order valence-corrected chi connectivity index (χ2v) is 6.75. The first-order valence-electron chi connectivity index (χ1n) is 7.35. The minimum absolute atomic E-state index is 0.953. The average molecular weight is 223 g/mol. The lowest BCUT2D eigenvalue weighted by atomic mass is 9.71. The highest BCUT2D eigenvalue weighted by molar-refractivity contribution is 4.81. The van der Waals surface area contributed by atoms with Crippen LogP contribution in [-0.4, -0.2) is 13.1 Å². The van der Waals surface area contributed by atoms with Gasteiger partial charge in [0, 0.05) is 0 Å². The molecule has 2 fully saturated rings. The molecule has 1 nitrogen and oxygen atoms in total. The van der Waals surface area contributed by atoms with Crippen molar-refractivity contribution in [1.29, 1.82) is 0 Å². The summed E-state index contributed by atoms with van der Waals surface area (Å²) in [7, 11) is 0. The lowest BCUT2D eigenvalue weighted by molar-refractivity contribution is 0.154. The largest absolute Gasteiger partial charge is 0.316 e. The van der Waals surface area contributed by atoms with Crippen LogP contribution >= 0.6 is 0 Å². The van der Waals surface area contributed by atoms with E-state index in [1.807, 2.05) is 0 Å². The highest BCUT2D eigenvalue weighted by atomic mass is 14.9. The van der Waals surface area contributed by atoms with E-state index in [4.69, 9.17) is 0 Å². The smallest absolute Gasteiger partial charge is 0.00179 e. The average Bonchev–Trinajstić information content (AvgIpc) is 2.20. The number of hydrogen-bond donors (Lipinski definition) is 1. The Morgan fingerprint density at radius 3 is 2.31 bits per heavy atom. The van der Waals surface area contributed by atoms with Gasteiger partial charge in [0.25, 0.3) is 0 Å². The Bertz CT molecular complexity index is 203. The quantitative estimate of drug-likeness (QED) is 0.753. The second kappa shape index (κ2) is 5.53. The van der Waals surface area contributed by atoms with E-state index in [-0.39, 0.29) is 0 Å². The normalized spacial score (nSPS) is 45.6. The summed E-state index contributed by atoms with van der Waals surface area (Å²) in [6, 6.07) is 0. The zero-order chi connectivity index (χ0) is 11.5. The molecule has 2 rings (SSSR count). The Morgan fingerprint density at radius 2 is 1.69 bits per heavy atom. The summed E-state index contributed by atoms with van der Waals surface area (Å²) in [5.41, 5.74) is 0. The first-order valence-corrected chi connectivity index (χ1v) is 7.35. The maximum Gasteiger partial charge on any atom is -0.00179 e. The van der Waals surface area contributed by atoms with Crippen molar-refractivity contribution in [3.05, 3.63) is 0 Å². The minimum atomic E-state index is 0.953. The third-order valence-corrected chi connectivity index (χ3v) is 4.90. The van der Waals surface area contributed by atoms with Gasteiger partial charge >= 0.3 is 0 Å². The summed E-state index contributed by atoms with van der Waals surface area (Å²) in [5, 5.41) is 3.58. The van der Waals surface area contributed by atoms with E-state index in [1.54, 1.807) is 0 Å². The van der Waals surface area contributed by atoms with Gasteiger partial charge in [-0.3, -0.25) is 0 Å². The van der Waals surface area contributed by atoms with Crippen LogP contribution < -0.4 is 5.32 Å². The SMILES string of the molecule is CC1CC(C)CC(CC2CNCCC2C)C1. The van der Waals surface area contributed by atoms with Gasteiger partial charge in [0.05, 0.1) is 0 Å². The molecular formula is C15H29N. The number of piperidine rings is 1. The van der Waals surface area contributed by atoms with Crippen LogP contribution in [0.1, 0.15) is 52.9 Å². The summed E-state index contributed by atoms with van der Waals surface area (Å²) in [6.07, 6.45) is 7.33. The fraction of sp³-hybridized carbons (Fsp3) is 1.00. The van der Waals surface area contributed by atoms with E-state index in [0.29, 0.717) is 0 Å². The molecular weight excluding hydrogens is 194 g/mol. The van der Waals surface area contributed by atoms with Crippen LogP contribution in [0.5, 0.6) is 0 Å². The molecule has 0 radical (unpaired) electrons. The number of hydrogen-bond acceptors (Lipinski definition) is 1. The Balaban J connectivity index is 1.83. The monoisotopic (exact) mass is 223 g/mol. The summed E-state index contributed by atoms with van der Waals surface area (Å²) in [5.74, 6) is 4.87. The minimum Gasteiger partial charge on any atom is -0.316 e. The van der Waals surface area contributed by atoms with Gasteiger partial charge in [-0.2, -0.15) is 0 Å². The van der Waals surface area contributed by atoms with Gasteiger partial charge in [-0.05, 0) is 74.8 Å². The summed E-state index contributed by atoms with van der Waals surface area (Å²) < 4.78 is 0. The maximum absolute atomic E-state index is 3.58. The molecule has 1 saturated carbocycles. The third kappa shape index (κ3) is 3.23. The fourth-order valence-corrected chi connectivity index (χ4v) is 4.10. The molecule has 1 heterocycles. The van der Waals surface area contributed by atoms with Crippen molar-refractivity contribution in [3.63, 3.8) is 0 Å². The van der Waals surface area contributed by atoms with Gasteiger partial charge < -0.3 is 5.32 Å². The van der Waals surface area contributed by atoms with Gasteiger partial charge in [0.15, 0.2) is 0 Å². The first kappa shape index (κ1) is 12.4. The summed E-state index contributed by atoms with van der Waals surface area (Å²) >= 11 is 0. The lowest BCUT2D eigenvalue weighted by Crippen LogP contribution is -2.37. The van der Waals surface area contributed by atoms with Gasteiger partial charge in [-0.25, -0.2) is 0 Å². The number of rotatable bonds is 2. The van der Waals surface area contributed by atoms with Crippen molar-refractivity contribution in [2.45, 2.75) is 52.9 Å². The van der Waals surface area contributed by atoms with Crippen molar-refractivity contribution in [2.75, 3.05) is 13.1 Å². The molecule has 4 atom stereocenters. The van der Waals surface area contributed by atoms with Crippen LogP contribution in [0.4, 0.5) is 0 Å². The Kier molecular flexibility index (Phi) is 4.29. The molecule has 0 spiro atoms. The van der Waals surface area contributed by atoms with Crippen LogP contribution in [0, 0.1) is 29.6 Å². The molecule has 0 aromatic rings.